The SMILES string of the molecule is CCC(C)C(=O)Cc1ccc2cc(O)ccc2c1. The van der Waals surface area contributed by atoms with E-state index in [4.69, 9.17) is 0 Å². The van der Waals surface area contributed by atoms with Gasteiger partial charge in [0.2, 0.25) is 0 Å². The van der Waals surface area contributed by atoms with Crippen molar-refractivity contribution in [2.45, 2.75) is 26.7 Å². The highest BCUT2D eigenvalue weighted by molar-refractivity contribution is 5.87. The van der Waals surface area contributed by atoms with E-state index in [0.717, 1.165) is 22.8 Å². The van der Waals surface area contributed by atoms with E-state index in [1.807, 2.05) is 38.1 Å². The van der Waals surface area contributed by atoms with Gasteiger partial charge < -0.3 is 5.11 Å². The number of rotatable bonds is 4. The Morgan fingerprint density at radius 3 is 2.56 bits per heavy atom. The Bertz CT molecular complexity index is 572. The lowest BCUT2D eigenvalue weighted by Crippen LogP contribution is -2.12. The molecular formula is C16H18O2. The molecule has 0 saturated carbocycles. The van der Waals surface area contributed by atoms with Crippen LogP contribution in [0.1, 0.15) is 25.8 Å². The van der Waals surface area contributed by atoms with Crippen LogP contribution in [0.2, 0.25) is 0 Å². The van der Waals surface area contributed by atoms with Gasteiger partial charge in [-0.1, -0.05) is 38.1 Å². The van der Waals surface area contributed by atoms with Gasteiger partial charge in [-0.25, -0.2) is 0 Å². The van der Waals surface area contributed by atoms with E-state index in [0.29, 0.717) is 6.42 Å². The molecule has 0 aliphatic rings. The average molecular weight is 242 g/mol. The maximum Gasteiger partial charge on any atom is 0.140 e. The smallest absolute Gasteiger partial charge is 0.140 e. The fraction of sp³-hybridized carbons (Fsp3) is 0.312. The summed E-state index contributed by atoms with van der Waals surface area (Å²) in [6.45, 7) is 4.01. The second-order valence-corrected chi connectivity index (χ2v) is 4.82. The van der Waals surface area contributed by atoms with Gasteiger partial charge in [0.1, 0.15) is 11.5 Å². The fourth-order valence-corrected chi connectivity index (χ4v) is 2.00. The van der Waals surface area contributed by atoms with Gasteiger partial charge in [-0.15, -0.1) is 0 Å². The molecule has 2 nitrogen and oxygen atoms in total. The van der Waals surface area contributed by atoms with E-state index in [9.17, 15) is 9.90 Å². The number of ketones is 1. The Balaban J connectivity index is 2.25. The third-order valence-electron chi connectivity index (χ3n) is 3.43. The summed E-state index contributed by atoms with van der Waals surface area (Å²) in [6.07, 6.45) is 1.38. The lowest BCUT2D eigenvalue weighted by molar-refractivity contribution is -0.121. The standard InChI is InChI=1S/C16H18O2/c1-3-11(2)16(18)9-12-4-5-14-10-15(17)7-6-13(14)8-12/h4-8,10-11,17H,3,9H2,1-2H3. The third-order valence-corrected chi connectivity index (χ3v) is 3.43. The molecule has 0 radical (unpaired) electrons. The Morgan fingerprint density at radius 2 is 1.83 bits per heavy atom. The van der Waals surface area contributed by atoms with Crippen LogP contribution < -0.4 is 0 Å². The van der Waals surface area contributed by atoms with Gasteiger partial charge in [-0.05, 0) is 34.9 Å². The summed E-state index contributed by atoms with van der Waals surface area (Å²) in [5, 5.41) is 11.4. The number of phenolic OH excluding ortho intramolecular Hbond substituents is 1. The Hall–Kier alpha value is -1.83. The molecule has 0 bridgehead atoms. The molecule has 0 aliphatic heterocycles. The molecule has 1 atom stereocenters. The maximum absolute atomic E-state index is 11.9. The molecule has 2 aromatic rings. The number of carbonyl (C=O) groups excluding carboxylic acids is 1. The zero-order valence-corrected chi connectivity index (χ0v) is 10.8. The number of phenols is 1. The summed E-state index contributed by atoms with van der Waals surface area (Å²) in [5.74, 6) is 0.682. The second-order valence-electron chi connectivity index (χ2n) is 4.82. The predicted molar refractivity (Wildman–Crippen MR) is 73.8 cm³/mol. The summed E-state index contributed by atoms with van der Waals surface area (Å²) >= 11 is 0. The molecule has 0 amide bonds. The minimum atomic E-state index is 0.125. The van der Waals surface area contributed by atoms with Crippen LogP contribution in [0.15, 0.2) is 36.4 Å². The van der Waals surface area contributed by atoms with Crippen LogP contribution >= 0.6 is 0 Å². The van der Waals surface area contributed by atoms with Gasteiger partial charge >= 0.3 is 0 Å². The molecule has 0 aromatic heterocycles. The highest BCUT2D eigenvalue weighted by Gasteiger charge is 2.11. The van der Waals surface area contributed by atoms with Crippen LogP contribution in [0, 0.1) is 5.92 Å². The molecule has 2 heteroatoms. The van der Waals surface area contributed by atoms with Crippen molar-refractivity contribution in [3.63, 3.8) is 0 Å². The second kappa shape index (κ2) is 5.21. The summed E-state index contributed by atoms with van der Waals surface area (Å²) in [6, 6.07) is 11.2. The largest absolute Gasteiger partial charge is 0.508 e. The topological polar surface area (TPSA) is 37.3 Å². The Labute approximate surface area is 107 Å². The van der Waals surface area contributed by atoms with Crippen molar-refractivity contribution < 1.29 is 9.90 Å². The van der Waals surface area contributed by atoms with Crippen molar-refractivity contribution >= 4 is 16.6 Å². The van der Waals surface area contributed by atoms with Gasteiger partial charge in [0.15, 0.2) is 0 Å². The number of hydrogen-bond donors (Lipinski definition) is 1. The van der Waals surface area contributed by atoms with E-state index < -0.39 is 0 Å². The molecule has 1 unspecified atom stereocenters. The summed E-state index contributed by atoms with van der Waals surface area (Å²) in [7, 11) is 0. The van der Waals surface area contributed by atoms with Crippen LogP contribution in [-0.4, -0.2) is 10.9 Å². The molecule has 2 rings (SSSR count). The molecule has 0 aliphatic carbocycles. The number of carbonyl (C=O) groups is 1. The van der Waals surface area contributed by atoms with E-state index in [-0.39, 0.29) is 17.5 Å². The molecule has 0 heterocycles. The average Bonchev–Trinajstić information content (AvgIpc) is 2.38. The first-order valence-corrected chi connectivity index (χ1v) is 6.34. The minimum Gasteiger partial charge on any atom is -0.508 e. The van der Waals surface area contributed by atoms with Crippen molar-refractivity contribution in [2.24, 2.45) is 5.92 Å². The number of aromatic hydroxyl groups is 1. The first-order valence-electron chi connectivity index (χ1n) is 6.34. The molecule has 0 saturated heterocycles. The molecule has 18 heavy (non-hydrogen) atoms. The monoisotopic (exact) mass is 242 g/mol. The number of hydrogen-bond acceptors (Lipinski definition) is 2. The van der Waals surface area contributed by atoms with Crippen LogP contribution in [-0.2, 0) is 11.2 Å². The maximum atomic E-state index is 11.9. The lowest BCUT2D eigenvalue weighted by Gasteiger charge is -2.08. The van der Waals surface area contributed by atoms with Crippen LogP contribution in [0.25, 0.3) is 10.8 Å². The summed E-state index contributed by atoms with van der Waals surface area (Å²) in [4.78, 5) is 11.9. The minimum absolute atomic E-state index is 0.125. The quantitative estimate of drug-likeness (QED) is 0.887. The predicted octanol–water partition coefficient (Wildman–Crippen LogP) is 3.70. The Kier molecular flexibility index (Phi) is 3.66. The van der Waals surface area contributed by atoms with Gasteiger partial charge in [-0.2, -0.15) is 0 Å². The van der Waals surface area contributed by atoms with Crippen molar-refractivity contribution in [1.82, 2.24) is 0 Å². The van der Waals surface area contributed by atoms with Crippen molar-refractivity contribution in [3.05, 3.63) is 42.0 Å². The van der Waals surface area contributed by atoms with Crippen molar-refractivity contribution in [3.8, 4) is 5.75 Å². The molecule has 1 N–H and O–H groups in total. The van der Waals surface area contributed by atoms with Gasteiger partial charge in [-0.3, -0.25) is 4.79 Å². The van der Waals surface area contributed by atoms with Crippen LogP contribution in [0.3, 0.4) is 0 Å². The number of benzene rings is 2. The lowest BCUT2D eigenvalue weighted by atomic mass is 9.96. The molecule has 2 aromatic carbocycles. The van der Waals surface area contributed by atoms with Gasteiger partial charge in [0.25, 0.3) is 0 Å². The van der Waals surface area contributed by atoms with Gasteiger partial charge in [0.05, 0.1) is 0 Å². The Morgan fingerprint density at radius 1 is 1.17 bits per heavy atom. The number of Topliss-reactive ketones (excluding diaryl/α,β-unsaturated/α-hetero) is 1. The van der Waals surface area contributed by atoms with Crippen LogP contribution in [0.5, 0.6) is 5.75 Å². The highest BCUT2D eigenvalue weighted by Crippen LogP contribution is 2.21. The highest BCUT2D eigenvalue weighted by atomic mass is 16.3. The van der Waals surface area contributed by atoms with Crippen molar-refractivity contribution in [2.75, 3.05) is 0 Å². The zero-order chi connectivity index (χ0) is 13.1. The molecule has 94 valence electrons. The molecule has 0 fully saturated rings. The van der Waals surface area contributed by atoms with E-state index in [1.54, 1.807) is 12.1 Å². The number of fused-ring (bicyclic) bond motifs is 1. The van der Waals surface area contributed by atoms with Crippen LogP contribution in [0.4, 0.5) is 0 Å². The molecule has 0 spiro atoms. The summed E-state index contributed by atoms with van der Waals surface area (Å²) < 4.78 is 0. The molecular weight excluding hydrogens is 224 g/mol. The van der Waals surface area contributed by atoms with Crippen molar-refractivity contribution in [1.29, 1.82) is 0 Å². The van der Waals surface area contributed by atoms with E-state index in [2.05, 4.69) is 0 Å². The third kappa shape index (κ3) is 2.70. The van der Waals surface area contributed by atoms with E-state index in [1.165, 1.54) is 0 Å². The van der Waals surface area contributed by atoms with E-state index >= 15 is 0 Å². The fourth-order valence-electron chi connectivity index (χ4n) is 2.00. The first kappa shape index (κ1) is 12.6. The van der Waals surface area contributed by atoms with Gasteiger partial charge in [0, 0.05) is 12.3 Å². The first-order chi connectivity index (χ1) is 8.60. The zero-order valence-electron chi connectivity index (χ0n) is 10.8. The normalized spacial score (nSPS) is 12.6. The summed E-state index contributed by atoms with van der Waals surface area (Å²) in [5.41, 5.74) is 1.04.